The molecule has 3 N–H and O–H groups in total. The van der Waals surface area contributed by atoms with Gasteiger partial charge in [0.2, 0.25) is 0 Å². The molecule has 0 unspecified atom stereocenters. The maximum atomic E-state index is 5.92. The zero-order valence-corrected chi connectivity index (χ0v) is 9.77. The highest BCUT2D eigenvalue weighted by Gasteiger charge is 2.17. The van der Waals surface area contributed by atoms with Crippen LogP contribution < -0.4 is 15.6 Å². The first kappa shape index (κ1) is 10.9. The molecule has 0 atom stereocenters. The number of nitrogens with two attached hydrogens (primary N) is 1. The Bertz CT molecular complexity index is 488. The van der Waals surface area contributed by atoms with Gasteiger partial charge in [-0.25, -0.2) is 4.57 Å². The van der Waals surface area contributed by atoms with E-state index < -0.39 is 0 Å². The monoisotopic (exact) mass is 220 g/mol. The molecule has 0 saturated heterocycles. The van der Waals surface area contributed by atoms with E-state index in [1.54, 1.807) is 0 Å². The van der Waals surface area contributed by atoms with Crippen molar-refractivity contribution in [1.82, 2.24) is 14.9 Å². The van der Waals surface area contributed by atoms with E-state index in [4.69, 9.17) is 5.73 Å². The lowest BCUT2D eigenvalue weighted by Gasteiger charge is -2.03. The molecule has 0 radical (unpaired) electrons. The fraction of sp³-hybridized carbons (Fsp3) is 0.455. The Kier molecular flexibility index (Phi) is 3.05. The molecule has 2 rings (SSSR count). The second-order valence-corrected chi connectivity index (χ2v) is 3.91. The fourth-order valence-electron chi connectivity index (χ4n) is 1.88. The topological polar surface area (TPSA) is 59.8 Å². The maximum absolute atomic E-state index is 5.92. The Hall–Kier alpha value is -1.62. The van der Waals surface area contributed by atoms with Crippen LogP contribution in [0.4, 0.5) is 5.95 Å². The number of aryl methyl sites for hydroxylation is 2. The van der Waals surface area contributed by atoms with Gasteiger partial charge in [0.1, 0.15) is 5.52 Å². The van der Waals surface area contributed by atoms with Gasteiger partial charge in [0, 0.05) is 6.54 Å². The van der Waals surface area contributed by atoms with Crippen LogP contribution in [0.15, 0.2) is 18.3 Å². The predicted molar refractivity (Wildman–Crippen MR) is 63.9 cm³/mol. The average Bonchev–Trinajstić information content (AvgIpc) is 2.58. The van der Waals surface area contributed by atoms with Gasteiger partial charge < -0.3 is 11.1 Å². The summed E-state index contributed by atoms with van der Waals surface area (Å²) < 4.78 is 4.05. The van der Waals surface area contributed by atoms with Crippen molar-refractivity contribution in [2.75, 3.05) is 19.3 Å². The largest absolute Gasteiger partial charge is 0.351 e. The lowest BCUT2D eigenvalue weighted by Crippen LogP contribution is -2.28. The van der Waals surface area contributed by atoms with Crippen molar-refractivity contribution < 1.29 is 4.57 Å². The quantitative estimate of drug-likeness (QED) is 0.565. The summed E-state index contributed by atoms with van der Waals surface area (Å²) in [7, 11) is 3.93. The summed E-state index contributed by atoms with van der Waals surface area (Å²) in [5.41, 5.74) is 7.95. The van der Waals surface area contributed by atoms with Gasteiger partial charge in [-0.3, -0.25) is 4.57 Å². The van der Waals surface area contributed by atoms with Crippen molar-refractivity contribution >= 4 is 17.1 Å². The van der Waals surface area contributed by atoms with Gasteiger partial charge in [0.05, 0.1) is 13.2 Å². The Morgan fingerprint density at radius 2 is 2.38 bits per heavy atom. The van der Waals surface area contributed by atoms with Gasteiger partial charge in [-0.2, -0.15) is 0 Å². The number of hydrogen-bond donors (Lipinski definition) is 2. The zero-order chi connectivity index (χ0) is 11.5. The van der Waals surface area contributed by atoms with E-state index in [0.717, 1.165) is 30.7 Å². The van der Waals surface area contributed by atoms with E-state index in [0.29, 0.717) is 5.95 Å². The van der Waals surface area contributed by atoms with Crippen molar-refractivity contribution in [2.45, 2.75) is 13.0 Å². The van der Waals surface area contributed by atoms with Crippen LogP contribution in [0, 0.1) is 0 Å². The van der Waals surface area contributed by atoms with Crippen molar-refractivity contribution in [3.05, 3.63) is 18.3 Å². The number of pyridine rings is 1. The predicted octanol–water partition coefficient (Wildman–Crippen LogP) is 0.0525. The fourth-order valence-corrected chi connectivity index (χ4v) is 1.88. The lowest BCUT2D eigenvalue weighted by molar-refractivity contribution is -0.646. The minimum Gasteiger partial charge on any atom is -0.348 e. The van der Waals surface area contributed by atoms with Crippen molar-refractivity contribution in [2.24, 2.45) is 7.05 Å². The van der Waals surface area contributed by atoms with Crippen LogP contribution >= 0.6 is 0 Å². The second-order valence-electron chi connectivity index (χ2n) is 3.91. The van der Waals surface area contributed by atoms with E-state index >= 15 is 0 Å². The summed E-state index contributed by atoms with van der Waals surface area (Å²) in [6.07, 6.45) is 3.03. The molecule has 5 heteroatoms. The van der Waals surface area contributed by atoms with Crippen LogP contribution in [0.1, 0.15) is 6.42 Å². The highest BCUT2D eigenvalue weighted by atomic mass is 15.2. The number of imidazole rings is 1. The number of fused-ring (bicyclic) bond motifs is 1. The standard InChI is InChI=1S/C11H17N5/c1-13-6-4-8-16-9-5-3-7-15(2)10(9)14-11(16)12/h3,5,7,12-13H,4,6,8H2,1-2H3/p+1. The third-order valence-corrected chi connectivity index (χ3v) is 2.72. The van der Waals surface area contributed by atoms with Gasteiger partial charge in [-0.1, -0.05) is 0 Å². The first-order valence-corrected chi connectivity index (χ1v) is 5.49. The molecule has 0 saturated carbocycles. The summed E-state index contributed by atoms with van der Waals surface area (Å²) in [6.45, 7) is 1.88. The summed E-state index contributed by atoms with van der Waals surface area (Å²) in [5.74, 6) is 0.591. The van der Waals surface area contributed by atoms with Crippen LogP contribution in [-0.2, 0) is 13.6 Å². The van der Waals surface area contributed by atoms with E-state index in [9.17, 15) is 0 Å². The number of rotatable bonds is 4. The van der Waals surface area contributed by atoms with Crippen molar-refractivity contribution in [3.8, 4) is 0 Å². The first-order valence-electron chi connectivity index (χ1n) is 5.49. The number of nitrogens with one attached hydrogen (secondary N) is 1. The minimum atomic E-state index is 0.591. The highest BCUT2D eigenvalue weighted by molar-refractivity contribution is 5.70. The molecule has 0 bridgehead atoms. The number of aromatic nitrogens is 3. The summed E-state index contributed by atoms with van der Waals surface area (Å²) in [6, 6.07) is 4.07. The number of nitrogen functional groups attached to an aromatic ring is 1. The molecular formula is C11H18N5+. The SMILES string of the molecule is CNCCCn1c(N)nc2c1ccc[n+]2C. The number of nitrogens with zero attached hydrogens (tertiary/aromatic N) is 3. The third-order valence-electron chi connectivity index (χ3n) is 2.72. The lowest BCUT2D eigenvalue weighted by atomic mass is 10.4. The van der Waals surface area contributed by atoms with Gasteiger partial charge >= 0.3 is 11.6 Å². The van der Waals surface area contributed by atoms with Gasteiger partial charge in [-0.05, 0) is 37.1 Å². The van der Waals surface area contributed by atoms with Crippen LogP contribution in [0.3, 0.4) is 0 Å². The molecule has 0 spiro atoms. The summed E-state index contributed by atoms with van der Waals surface area (Å²) >= 11 is 0. The van der Waals surface area contributed by atoms with Crippen LogP contribution in [-0.4, -0.2) is 23.1 Å². The van der Waals surface area contributed by atoms with Gasteiger partial charge in [0.25, 0.3) is 0 Å². The molecule has 0 aliphatic rings. The zero-order valence-electron chi connectivity index (χ0n) is 9.77. The van der Waals surface area contributed by atoms with Crippen LogP contribution in [0.25, 0.3) is 11.2 Å². The minimum absolute atomic E-state index is 0.591. The molecule has 2 aromatic heterocycles. The smallest absolute Gasteiger partial charge is 0.348 e. The van der Waals surface area contributed by atoms with E-state index in [1.807, 2.05) is 30.9 Å². The molecule has 16 heavy (non-hydrogen) atoms. The first-order chi connectivity index (χ1) is 7.74. The van der Waals surface area contributed by atoms with Crippen LogP contribution in [0.2, 0.25) is 0 Å². The van der Waals surface area contributed by atoms with E-state index in [1.165, 1.54) is 0 Å². The van der Waals surface area contributed by atoms with Crippen LogP contribution in [0.5, 0.6) is 0 Å². The molecule has 0 aromatic carbocycles. The summed E-state index contributed by atoms with van der Waals surface area (Å²) in [5, 5.41) is 3.13. The second kappa shape index (κ2) is 4.49. The Labute approximate surface area is 94.9 Å². The molecule has 2 aromatic rings. The Balaban J connectivity index is 2.36. The molecule has 2 heterocycles. The van der Waals surface area contributed by atoms with Gasteiger partial charge in [-0.15, -0.1) is 0 Å². The van der Waals surface area contributed by atoms with Gasteiger partial charge in [0.15, 0.2) is 0 Å². The molecule has 5 nitrogen and oxygen atoms in total. The number of hydrogen-bond acceptors (Lipinski definition) is 3. The molecule has 0 fully saturated rings. The Morgan fingerprint density at radius 3 is 3.12 bits per heavy atom. The molecule has 0 aliphatic heterocycles. The van der Waals surface area contributed by atoms with E-state index in [-0.39, 0.29) is 0 Å². The van der Waals surface area contributed by atoms with E-state index in [2.05, 4.69) is 20.9 Å². The molecule has 0 aliphatic carbocycles. The maximum Gasteiger partial charge on any atom is 0.351 e. The summed E-state index contributed by atoms with van der Waals surface area (Å²) in [4.78, 5) is 4.37. The Morgan fingerprint density at radius 1 is 1.56 bits per heavy atom. The third kappa shape index (κ3) is 1.86. The number of anilines is 1. The normalized spacial score (nSPS) is 11.1. The van der Waals surface area contributed by atoms with Crippen molar-refractivity contribution in [3.63, 3.8) is 0 Å². The highest BCUT2D eigenvalue weighted by Crippen LogP contribution is 2.14. The molecule has 0 amide bonds. The van der Waals surface area contributed by atoms with Crippen molar-refractivity contribution in [1.29, 1.82) is 0 Å². The molecule has 86 valence electrons. The molecular weight excluding hydrogens is 202 g/mol. The average molecular weight is 220 g/mol.